The predicted molar refractivity (Wildman–Crippen MR) is 134 cm³/mol. The molecule has 3 aromatic carbocycles. The number of nitrogens with zero attached hydrogens (tertiary/aromatic N) is 2. The lowest BCUT2D eigenvalue weighted by Crippen LogP contribution is -2.00. The van der Waals surface area contributed by atoms with E-state index < -0.39 is 0 Å². The second-order valence-electron chi connectivity index (χ2n) is 7.84. The summed E-state index contributed by atoms with van der Waals surface area (Å²) in [6.45, 7) is 2.70. The standard InChI is InChI=1S/C28H22ClN3/c1-19-14-24(12-13-30-19)27-11-8-20(17-31-27)18-32-28-7-3-5-23-15-22(9-10-26(23)28)21-4-2-6-25(29)16-21/h2-17,32H,18H2,1H3. The Kier molecular flexibility index (Phi) is 5.57. The number of aromatic nitrogens is 2. The maximum Gasteiger partial charge on any atom is 0.0703 e. The number of pyridine rings is 2. The summed E-state index contributed by atoms with van der Waals surface area (Å²) < 4.78 is 0. The van der Waals surface area contributed by atoms with Gasteiger partial charge in [-0.15, -0.1) is 0 Å². The van der Waals surface area contributed by atoms with Crippen molar-refractivity contribution in [3.63, 3.8) is 0 Å². The van der Waals surface area contributed by atoms with Gasteiger partial charge in [0.2, 0.25) is 0 Å². The zero-order valence-electron chi connectivity index (χ0n) is 17.7. The maximum atomic E-state index is 6.17. The second kappa shape index (κ2) is 8.81. The summed E-state index contributed by atoms with van der Waals surface area (Å²) in [5.41, 5.74) is 7.54. The largest absolute Gasteiger partial charge is 0.380 e. The lowest BCUT2D eigenvalue weighted by Gasteiger charge is -2.12. The molecule has 156 valence electrons. The van der Waals surface area contributed by atoms with Gasteiger partial charge in [0.05, 0.1) is 5.69 Å². The molecule has 0 aliphatic heterocycles. The molecule has 1 N–H and O–H groups in total. The summed E-state index contributed by atoms with van der Waals surface area (Å²) in [6, 6.07) is 29.0. The van der Waals surface area contributed by atoms with Gasteiger partial charge >= 0.3 is 0 Å². The van der Waals surface area contributed by atoms with Crippen molar-refractivity contribution in [2.45, 2.75) is 13.5 Å². The first-order chi connectivity index (χ1) is 15.7. The van der Waals surface area contributed by atoms with Crippen molar-refractivity contribution in [2.75, 3.05) is 5.32 Å². The number of hydrogen-bond acceptors (Lipinski definition) is 3. The molecule has 5 aromatic rings. The van der Waals surface area contributed by atoms with Gasteiger partial charge in [0, 0.05) is 46.3 Å². The number of fused-ring (bicyclic) bond motifs is 1. The first-order valence-electron chi connectivity index (χ1n) is 10.6. The van der Waals surface area contributed by atoms with Crippen LogP contribution < -0.4 is 5.32 Å². The van der Waals surface area contributed by atoms with Crippen molar-refractivity contribution >= 4 is 28.1 Å². The van der Waals surface area contributed by atoms with E-state index in [1.807, 2.05) is 49.6 Å². The highest BCUT2D eigenvalue weighted by Crippen LogP contribution is 2.30. The van der Waals surface area contributed by atoms with E-state index in [0.29, 0.717) is 6.54 Å². The fourth-order valence-corrected chi connectivity index (χ4v) is 4.08. The van der Waals surface area contributed by atoms with Crippen LogP contribution in [0.1, 0.15) is 11.3 Å². The van der Waals surface area contributed by atoms with Crippen molar-refractivity contribution < 1.29 is 0 Å². The minimum atomic E-state index is 0.706. The number of nitrogens with one attached hydrogen (secondary N) is 1. The third kappa shape index (κ3) is 4.34. The zero-order valence-corrected chi connectivity index (χ0v) is 18.5. The van der Waals surface area contributed by atoms with Crippen LogP contribution in [0.25, 0.3) is 33.2 Å². The Morgan fingerprint density at radius 3 is 2.47 bits per heavy atom. The minimum Gasteiger partial charge on any atom is -0.380 e. The number of aryl methyl sites for hydroxylation is 1. The summed E-state index contributed by atoms with van der Waals surface area (Å²) in [5.74, 6) is 0. The van der Waals surface area contributed by atoms with Gasteiger partial charge in [-0.05, 0) is 71.5 Å². The fourth-order valence-electron chi connectivity index (χ4n) is 3.89. The number of rotatable bonds is 5. The van der Waals surface area contributed by atoms with Gasteiger partial charge in [-0.3, -0.25) is 9.97 Å². The Morgan fingerprint density at radius 2 is 1.66 bits per heavy atom. The van der Waals surface area contributed by atoms with Crippen LogP contribution in [0.5, 0.6) is 0 Å². The van der Waals surface area contributed by atoms with E-state index in [-0.39, 0.29) is 0 Å². The van der Waals surface area contributed by atoms with Crippen molar-refractivity contribution in [1.82, 2.24) is 9.97 Å². The van der Waals surface area contributed by atoms with Gasteiger partial charge in [-0.1, -0.05) is 54.1 Å². The highest BCUT2D eigenvalue weighted by Gasteiger charge is 2.05. The number of benzene rings is 3. The molecule has 0 spiro atoms. The maximum absolute atomic E-state index is 6.17. The van der Waals surface area contributed by atoms with Crippen LogP contribution in [0.4, 0.5) is 5.69 Å². The van der Waals surface area contributed by atoms with Crippen molar-refractivity contribution in [2.24, 2.45) is 0 Å². The lowest BCUT2D eigenvalue weighted by molar-refractivity contribution is 1.12. The molecular weight excluding hydrogens is 414 g/mol. The molecule has 2 heterocycles. The van der Waals surface area contributed by atoms with Crippen LogP contribution in [-0.4, -0.2) is 9.97 Å². The average molecular weight is 436 g/mol. The Morgan fingerprint density at radius 1 is 0.781 bits per heavy atom. The van der Waals surface area contributed by atoms with Crippen LogP contribution in [0.15, 0.2) is 97.3 Å². The van der Waals surface area contributed by atoms with E-state index in [9.17, 15) is 0 Å². The third-order valence-electron chi connectivity index (χ3n) is 5.54. The lowest BCUT2D eigenvalue weighted by atomic mass is 10.0. The average Bonchev–Trinajstić information content (AvgIpc) is 2.82. The van der Waals surface area contributed by atoms with Crippen LogP contribution in [0.2, 0.25) is 5.02 Å². The topological polar surface area (TPSA) is 37.8 Å². The molecule has 0 bridgehead atoms. The first-order valence-corrected chi connectivity index (χ1v) is 10.9. The van der Waals surface area contributed by atoms with E-state index in [1.54, 1.807) is 0 Å². The number of halogens is 1. The van der Waals surface area contributed by atoms with E-state index in [0.717, 1.165) is 44.4 Å². The summed E-state index contributed by atoms with van der Waals surface area (Å²) in [4.78, 5) is 8.89. The summed E-state index contributed by atoms with van der Waals surface area (Å²) in [5, 5.41) is 6.70. The Balaban J connectivity index is 1.35. The van der Waals surface area contributed by atoms with Gasteiger partial charge in [-0.25, -0.2) is 0 Å². The summed E-state index contributed by atoms with van der Waals surface area (Å²) >= 11 is 6.17. The molecule has 0 aliphatic rings. The fraction of sp³-hybridized carbons (Fsp3) is 0.0714. The molecule has 0 amide bonds. The molecule has 32 heavy (non-hydrogen) atoms. The highest BCUT2D eigenvalue weighted by molar-refractivity contribution is 6.30. The van der Waals surface area contributed by atoms with Crippen molar-refractivity contribution in [3.8, 4) is 22.4 Å². The van der Waals surface area contributed by atoms with Crippen molar-refractivity contribution in [3.05, 3.63) is 114 Å². The van der Waals surface area contributed by atoms with Crippen molar-refractivity contribution in [1.29, 1.82) is 0 Å². The molecule has 0 unspecified atom stereocenters. The van der Waals surface area contributed by atoms with Crippen LogP contribution in [-0.2, 0) is 6.54 Å². The highest BCUT2D eigenvalue weighted by atomic mass is 35.5. The first kappa shape index (κ1) is 20.2. The van der Waals surface area contributed by atoms with Gasteiger partial charge in [0.1, 0.15) is 0 Å². The van der Waals surface area contributed by atoms with E-state index in [1.165, 1.54) is 10.8 Å². The molecule has 0 radical (unpaired) electrons. The zero-order chi connectivity index (χ0) is 21.9. The molecule has 0 fully saturated rings. The Bertz CT molecular complexity index is 1390. The molecule has 2 aromatic heterocycles. The Labute approximate surface area is 192 Å². The van der Waals surface area contributed by atoms with E-state index in [2.05, 4.69) is 69.9 Å². The quantitative estimate of drug-likeness (QED) is 0.310. The number of anilines is 1. The summed E-state index contributed by atoms with van der Waals surface area (Å²) in [7, 11) is 0. The third-order valence-corrected chi connectivity index (χ3v) is 5.77. The van der Waals surface area contributed by atoms with Gasteiger partial charge in [0.15, 0.2) is 0 Å². The minimum absolute atomic E-state index is 0.706. The Hall–Kier alpha value is -3.69. The molecule has 0 aliphatic carbocycles. The molecule has 0 saturated heterocycles. The van der Waals surface area contributed by atoms with Crippen LogP contribution in [0.3, 0.4) is 0 Å². The van der Waals surface area contributed by atoms with E-state index >= 15 is 0 Å². The summed E-state index contributed by atoms with van der Waals surface area (Å²) in [6.07, 6.45) is 3.75. The molecule has 5 rings (SSSR count). The number of hydrogen-bond donors (Lipinski definition) is 1. The van der Waals surface area contributed by atoms with Crippen LogP contribution >= 0.6 is 11.6 Å². The second-order valence-corrected chi connectivity index (χ2v) is 8.28. The molecule has 0 saturated carbocycles. The van der Waals surface area contributed by atoms with Gasteiger partial charge < -0.3 is 5.32 Å². The molecule has 0 atom stereocenters. The normalized spacial score (nSPS) is 10.9. The molecule has 4 heteroatoms. The predicted octanol–water partition coefficient (Wildman–Crippen LogP) is 7.54. The monoisotopic (exact) mass is 435 g/mol. The van der Waals surface area contributed by atoms with Gasteiger partial charge in [0.25, 0.3) is 0 Å². The molecule has 3 nitrogen and oxygen atoms in total. The SMILES string of the molecule is Cc1cc(-c2ccc(CNc3cccc4cc(-c5cccc(Cl)c5)ccc34)cn2)ccn1. The smallest absolute Gasteiger partial charge is 0.0703 e. The molecular formula is C28H22ClN3. The van der Waals surface area contributed by atoms with E-state index in [4.69, 9.17) is 11.6 Å². The van der Waals surface area contributed by atoms with Gasteiger partial charge in [-0.2, -0.15) is 0 Å². The van der Waals surface area contributed by atoms with Crippen LogP contribution in [0, 0.1) is 6.92 Å².